The summed E-state index contributed by atoms with van der Waals surface area (Å²) < 4.78 is 35.4. The molecule has 1 aromatic carbocycles. The molecule has 5 aliphatic rings. The van der Waals surface area contributed by atoms with Gasteiger partial charge in [-0.05, 0) is 79.3 Å². The first-order valence-corrected chi connectivity index (χ1v) is 25.6. The number of imide groups is 2. The number of alkyl carbamates (subject to hydrolysis) is 1. The monoisotopic (exact) mass is 903 g/mol. The van der Waals surface area contributed by atoms with Crippen molar-refractivity contribution in [3.8, 4) is 11.8 Å². The molecule has 64 heavy (non-hydrogen) atoms. The molecule has 0 radical (unpaired) electrons. The number of piperidine rings is 1. The minimum atomic E-state index is -2.04. The number of hydrogen-bond donors (Lipinski definition) is 2. The number of hydrogen-bond acceptors (Lipinski definition) is 12. The highest BCUT2D eigenvalue weighted by Crippen LogP contribution is 2.46. The summed E-state index contributed by atoms with van der Waals surface area (Å²) in [6.45, 7) is 17.3. The van der Waals surface area contributed by atoms with Crippen LogP contribution in [-0.4, -0.2) is 119 Å². The van der Waals surface area contributed by atoms with Crippen LogP contribution in [0, 0.1) is 35.5 Å². The van der Waals surface area contributed by atoms with Crippen LogP contribution in [0.15, 0.2) is 42.0 Å². The number of fused-ring (bicyclic) bond motifs is 2. The first kappa shape index (κ1) is 48.8. The molecule has 0 aromatic heterocycles. The zero-order valence-corrected chi connectivity index (χ0v) is 39.3. The third-order valence-corrected chi connectivity index (χ3v) is 17.8. The van der Waals surface area contributed by atoms with E-state index >= 15 is 0 Å². The van der Waals surface area contributed by atoms with Crippen molar-refractivity contribution >= 4 is 44.0 Å². The van der Waals surface area contributed by atoms with E-state index < -0.39 is 44.1 Å². The average molecular weight is 904 g/mol. The molecule has 8 atom stereocenters. The van der Waals surface area contributed by atoms with Gasteiger partial charge in [0, 0.05) is 30.9 Å². The second kappa shape index (κ2) is 21.6. The second-order valence-electron chi connectivity index (χ2n) is 19.0. The fourth-order valence-electron chi connectivity index (χ4n) is 9.02. The highest BCUT2D eigenvalue weighted by atomic mass is 28.4. The number of cyclic esters (lactones) is 1. The third-order valence-electron chi connectivity index (χ3n) is 13.3. The number of esters is 1. The van der Waals surface area contributed by atoms with E-state index in [1.54, 1.807) is 12.1 Å². The van der Waals surface area contributed by atoms with E-state index in [4.69, 9.17) is 28.1 Å². The Morgan fingerprint density at radius 3 is 2.44 bits per heavy atom. The lowest BCUT2D eigenvalue weighted by Crippen LogP contribution is -2.54. The third kappa shape index (κ3) is 12.2. The Morgan fingerprint density at radius 1 is 0.969 bits per heavy atom. The van der Waals surface area contributed by atoms with Gasteiger partial charge in [-0.3, -0.25) is 34.2 Å². The zero-order chi connectivity index (χ0) is 46.2. The first-order chi connectivity index (χ1) is 30.4. The number of benzene rings is 1. The normalized spacial score (nSPS) is 26.9. The Balaban J connectivity index is 0.863. The Morgan fingerprint density at radius 2 is 1.70 bits per heavy atom. The summed E-state index contributed by atoms with van der Waals surface area (Å²) in [5.74, 6) is 4.05. The van der Waals surface area contributed by atoms with Crippen LogP contribution in [0.1, 0.15) is 106 Å². The van der Waals surface area contributed by atoms with Gasteiger partial charge in [-0.25, -0.2) is 4.79 Å². The molecular formula is C48H65N3O12Si. The van der Waals surface area contributed by atoms with Gasteiger partial charge >= 0.3 is 12.1 Å². The number of nitrogens with one attached hydrogen (secondary N) is 2. The molecule has 2 aliphatic carbocycles. The number of nitrogens with zero attached hydrogens (tertiary/aromatic N) is 1. The summed E-state index contributed by atoms with van der Waals surface area (Å²) in [6.07, 6.45) is 9.06. The number of carbonyl (C=O) groups excluding carboxylic acids is 6. The van der Waals surface area contributed by atoms with Crippen molar-refractivity contribution in [3.05, 3.63) is 58.7 Å². The number of rotatable bonds is 17. The van der Waals surface area contributed by atoms with Crippen molar-refractivity contribution in [3.63, 3.8) is 0 Å². The van der Waals surface area contributed by atoms with Crippen molar-refractivity contribution < 1.29 is 56.9 Å². The van der Waals surface area contributed by atoms with Gasteiger partial charge in [-0.2, -0.15) is 0 Å². The van der Waals surface area contributed by atoms with Crippen molar-refractivity contribution in [2.45, 2.75) is 122 Å². The average Bonchev–Trinajstić information content (AvgIpc) is 3.47. The van der Waals surface area contributed by atoms with Crippen LogP contribution >= 0.6 is 0 Å². The van der Waals surface area contributed by atoms with Crippen molar-refractivity contribution in [2.75, 3.05) is 46.2 Å². The van der Waals surface area contributed by atoms with E-state index in [9.17, 15) is 28.8 Å². The van der Waals surface area contributed by atoms with Crippen LogP contribution in [0.4, 0.5) is 4.79 Å². The quantitative estimate of drug-likeness (QED) is 0.0625. The number of amides is 5. The molecule has 15 nitrogen and oxygen atoms in total. The minimum Gasteiger partial charge on any atom is -0.462 e. The van der Waals surface area contributed by atoms with Crippen LogP contribution < -0.4 is 10.6 Å². The molecule has 348 valence electrons. The molecular weight excluding hydrogens is 839 g/mol. The molecule has 2 N–H and O–H groups in total. The molecule has 1 aromatic rings. The molecule has 3 heterocycles. The Bertz CT molecular complexity index is 2050. The predicted octanol–water partition coefficient (Wildman–Crippen LogP) is 5.86. The van der Waals surface area contributed by atoms with E-state index in [2.05, 4.69) is 88.4 Å². The van der Waals surface area contributed by atoms with Crippen molar-refractivity contribution in [2.24, 2.45) is 23.7 Å². The van der Waals surface area contributed by atoms with Gasteiger partial charge < -0.3 is 33.4 Å². The first-order valence-electron chi connectivity index (χ1n) is 22.7. The lowest BCUT2D eigenvalue weighted by molar-refractivity contribution is -0.160. The van der Waals surface area contributed by atoms with E-state index in [-0.39, 0.29) is 103 Å². The summed E-state index contributed by atoms with van der Waals surface area (Å²) in [5.41, 5.74) is 1.85. The fourth-order valence-corrected chi connectivity index (χ4v) is 10.4. The molecule has 0 saturated carbocycles. The van der Waals surface area contributed by atoms with Crippen LogP contribution in [0.3, 0.4) is 0 Å². The van der Waals surface area contributed by atoms with Gasteiger partial charge in [0.05, 0.1) is 56.7 Å². The van der Waals surface area contributed by atoms with E-state index in [1.165, 1.54) is 11.6 Å². The molecule has 6 rings (SSSR count). The maximum atomic E-state index is 13.2. The van der Waals surface area contributed by atoms with E-state index in [1.807, 2.05) is 0 Å². The molecule has 0 spiro atoms. The Labute approximate surface area is 377 Å². The fraction of sp³-hybridized carbons (Fsp3) is 0.625. The second-order valence-corrected chi connectivity index (χ2v) is 23.8. The predicted molar refractivity (Wildman–Crippen MR) is 238 cm³/mol. The largest absolute Gasteiger partial charge is 0.462 e. The highest BCUT2D eigenvalue weighted by Gasteiger charge is 2.46. The minimum absolute atomic E-state index is 0.0419. The molecule has 2 unspecified atom stereocenters. The Hall–Kier alpha value is -4.66. The summed E-state index contributed by atoms with van der Waals surface area (Å²) in [6, 6.07) is 3.72. The van der Waals surface area contributed by atoms with Crippen LogP contribution in [0.5, 0.6) is 0 Å². The van der Waals surface area contributed by atoms with Gasteiger partial charge in [0.15, 0.2) is 8.32 Å². The number of ether oxygens (including phenoxy) is 5. The topological polar surface area (TPSA) is 185 Å². The van der Waals surface area contributed by atoms with Crippen LogP contribution in [-0.2, 0) is 42.5 Å². The lowest BCUT2D eigenvalue weighted by Gasteiger charge is -2.44. The summed E-state index contributed by atoms with van der Waals surface area (Å²) in [5, 5.41) is 5.08. The van der Waals surface area contributed by atoms with Crippen molar-refractivity contribution in [1.82, 2.24) is 15.5 Å². The lowest BCUT2D eigenvalue weighted by atomic mass is 9.65. The Kier molecular flexibility index (Phi) is 16.4. The van der Waals surface area contributed by atoms with E-state index in [0.29, 0.717) is 38.2 Å². The van der Waals surface area contributed by atoms with Gasteiger partial charge in [-0.1, -0.05) is 70.8 Å². The number of carbonyl (C=O) groups is 6. The SMILES string of the molecule is C[C@H]1C=C2C=C[C@H](C)C(CC[C@@H]3C[C@@H](O[Si](C)(C)C(C)(C)C)CC(=O)O3)[C@H]2[C@@H](OC(=O)NCCOCCOCCOCC#Cc2cccc3c2C(=O)N(C2CCC(=O)NC2=O)C3=O)C1. The van der Waals surface area contributed by atoms with Gasteiger partial charge in [0.1, 0.15) is 24.9 Å². The maximum absolute atomic E-state index is 13.2. The van der Waals surface area contributed by atoms with E-state index in [0.717, 1.165) is 24.2 Å². The molecule has 5 amide bonds. The van der Waals surface area contributed by atoms with Gasteiger partial charge in [0.2, 0.25) is 11.8 Å². The number of allylic oxidation sites excluding steroid dienone is 3. The standard InChI is InChI=1S/C48H65N3O12Si/c1-30-26-33-14-13-31(2)36(16-15-34-28-35(29-41(53)61-34)63-64(6,7)48(3,4)5)42(33)39(27-30)62-47(57)49-19-21-59-23-25-60-24-22-58-20-9-11-32-10-8-12-37-43(32)46(56)51(45(37)55)38-17-18-40(52)50-44(38)54/h8,10,12-14,26,30-31,34-36,38-39,42H,15-25,27-29H2,1-7H3,(H,49,57)(H,50,52,54)/t30-,31-,34+,35+,36?,38?,39-,42-/m0/s1. The van der Waals surface area contributed by atoms with Crippen LogP contribution in [0.25, 0.3) is 0 Å². The molecule has 16 heteroatoms. The molecule has 0 bridgehead atoms. The summed E-state index contributed by atoms with van der Waals surface area (Å²) >= 11 is 0. The zero-order valence-electron chi connectivity index (χ0n) is 38.3. The van der Waals surface area contributed by atoms with Gasteiger partial charge in [0.25, 0.3) is 11.8 Å². The van der Waals surface area contributed by atoms with Crippen LogP contribution in [0.2, 0.25) is 18.1 Å². The molecule has 2 saturated heterocycles. The summed E-state index contributed by atoms with van der Waals surface area (Å²) in [4.78, 5) is 76.9. The molecule has 3 aliphatic heterocycles. The molecule has 2 fully saturated rings. The highest BCUT2D eigenvalue weighted by molar-refractivity contribution is 6.74. The van der Waals surface area contributed by atoms with Crippen molar-refractivity contribution in [1.29, 1.82) is 0 Å². The van der Waals surface area contributed by atoms with Gasteiger partial charge in [-0.15, -0.1) is 0 Å². The summed E-state index contributed by atoms with van der Waals surface area (Å²) in [7, 11) is -2.04. The smallest absolute Gasteiger partial charge is 0.407 e. The maximum Gasteiger partial charge on any atom is 0.407 e.